The largest absolute Gasteiger partial charge is 0.497 e. The van der Waals surface area contributed by atoms with E-state index < -0.39 is 5.41 Å². The summed E-state index contributed by atoms with van der Waals surface area (Å²) in [4.78, 5) is 27.9. The van der Waals surface area contributed by atoms with Crippen LogP contribution in [-0.2, 0) is 5.41 Å². The minimum atomic E-state index is -1.62. The SMILES string of the molecule is COc1ccc(C2(c3ccc(OC)c(OC)c3OC)C(=O)c3ccccc3C2=O)cc1. The summed E-state index contributed by atoms with van der Waals surface area (Å²) in [6.45, 7) is 0. The maximum absolute atomic E-state index is 13.9. The number of fused-ring (bicyclic) bond motifs is 1. The lowest BCUT2D eigenvalue weighted by atomic mass is 9.70. The van der Waals surface area contributed by atoms with Crippen molar-refractivity contribution in [2.24, 2.45) is 0 Å². The summed E-state index contributed by atoms with van der Waals surface area (Å²) in [6.07, 6.45) is 0. The number of ketones is 2. The molecule has 0 amide bonds. The van der Waals surface area contributed by atoms with Crippen LogP contribution in [0.5, 0.6) is 23.0 Å². The van der Waals surface area contributed by atoms with Crippen LogP contribution >= 0.6 is 0 Å². The number of benzene rings is 3. The molecule has 6 heteroatoms. The van der Waals surface area contributed by atoms with Crippen molar-refractivity contribution in [2.75, 3.05) is 28.4 Å². The van der Waals surface area contributed by atoms with Crippen molar-refractivity contribution in [3.05, 3.63) is 82.9 Å². The van der Waals surface area contributed by atoms with Crippen LogP contribution in [0.3, 0.4) is 0 Å². The van der Waals surface area contributed by atoms with Gasteiger partial charge in [0.05, 0.1) is 28.4 Å². The molecule has 0 saturated heterocycles. The van der Waals surface area contributed by atoms with Gasteiger partial charge in [-0.3, -0.25) is 9.59 Å². The Kier molecular flexibility index (Phi) is 5.15. The normalized spacial score (nSPS) is 14.2. The van der Waals surface area contributed by atoms with E-state index >= 15 is 0 Å². The molecule has 0 aromatic heterocycles. The van der Waals surface area contributed by atoms with E-state index in [2.05, 4.69) is 0 Å². The summed E-state index contributed by atoms with van der Waals surface area (Å²) in [5, 5.41) is 0. The molecule has 0 heterocycles. The Morgan fingerprint density at radius 1 is 0.613 bits per heavy atom. The van der Waals surface area contributed by atoms with Gasteiger partial charge >= 0.3 is 0 Å². The minimum absolute atomic E-state index is 0.271. The van der Waals surface area contributed by atoms with Crippen molar-refractivity contribution in [3.8, 4) is 23.0 Å². The quantitative estimate of drug-likeness (QED) is 0.562. The number of methoxy groups -OCH3 is 4. The number of carbonyl (C=O) groups is 2. The van der Waals surface area contributed by atoms with E-state index in [4.69, 9.17) is 18.9 Å². The molecule has 1 aliphatic carbocycles. The summed E-state index contributed by atoms with van der Waals surface area (Å²) < 4.78 is 21.9. The van der Waals surface area contributed by atoms with Gasteiger partial charge in [-0.25, -0.2) is 0 Å². The van der Waals surface area contributed by atoms with E-state index in [0.717, 1.165) is 0 Å². The average Bonchev–Trinajstić information content (AvgIpc) is 3.05. The second-order valence-corrected chi connectivity index (χ2v) is 7.06. The van der Waals surface area contributed by atoms with Crippen LogP contribution in [0, 0.1) is 0 Å². The highest BCUT2D eigenvalue weighted by atomic mass is 16.5. The topological polar surface area (TPSA) is 71.1 Å². The third kappa shape index (κ3) is 2.79. The zero-order valence-corrected chi connectivity index (χ0v) is 17.7. The highest BCUT2D eigenvalue weighted by molar-refractivity contribution is 6.35. The minimum Gasteiger partial charge on any atom is -0.497 e. The number of Topliss-reactive ketones (excluding diaryl/α,β-unsaturated/α-hetero) is 2. The molecule has 1 aliphatic rings. The van der Waals surface area contributed by atoms with Crippen molar-refractivity contribution in [2.45, 2.75) is 5.41 Å². The van der Waals surface area contributed by atoms with Crippen LogP contribution in [0.15, 0.2) is 60.7 Å². The molecule has 4 rings (SSSR count). The maximum atomic E-state index is 13.9. The van der Waals surface area contributed by atoms with Gasteiger partial charge < -0.3 is 18.9 Å². The first kappa shape index (κ1) is 20.5. The fourth-order valence-corrected chi connectivity index (χ4v) is 4.29. The second kappa shape index (κ2) is 7.80. The zero-order valence-electron chi connectivity index (χ0n) is 17.7. The molecule has 0 fully saturated rings. The molecule has 0 atom stereocenters. The Hall–Kier alpha value is -3.80. The Morgan fingerprint density at radius 2 is 1.19 bits per heavy atom. The summed E-state index contributed by atoms with van der Waals surface area (Å²) in [7, 11) is 6.03. The van der Waals surface area contributed by atoms with Crippen molar-refractivity contribution >= 4 is 11.6 Å². The Balaban J connectivity index is 2.09. The van der Waals surface area contributed by atoms with Crippen molar-refractivity contribution < 1.29 is 28.5 Å². The highest BCUT2D eigenvalue weighted by Crippen LogP contribution is 2.52. The molecule has 31 heavy (non-hydrogen) atoms. The Bertz CT molecular complexity index is 1130. The molecule has 0 N–H and O–H groups in total. The zero-order chi connectivity index (χ0) is 22.2. The lowest BCUT2D eigenvalue weighted by molar-refractivity contribution is 0.0826. The van der Waals surface area contributed by atoms with Gasteiger partial charge in [0.1, 0.15) is 5.75 Å². The molecule has 6 nitrogen and oxygen atoms in total. The van der Waals surface area contributed by atoms with Crippen LogP contribution in [0.1, 0.15) is 31.8 Å². The lowest BCUT2D eigenvalue weighted by Gasteiger charge is -2.30. The van der Waals surface area contributed by atoms with E-state index in [1.807, 2.05) is 0 Å². The van der Waals surface area contributed by atoms with Gasteiger partial charge in [0.25, 0.3) is 0 Å². The molecular formula is C25H22O6. The van der Waals surface area contributed by atoms with Gasteiger partial charge in [-0.05, 0) is 29.8 Å². The number of hydrogen-bond acceptors (Lipinski definition) is 6. The fraction of sp³-hybridized carbons (Fsp3) is 0.200. The van der Waals surface area contributed by atoms with Crippen LogP contribution < -0.4 is 18.9 Å². The third-order valence-electron chi connectivity index (χ3n) is 5.73. The molecule has 0 spiro atoms. The van der Waals surface area contributed by atoms with Crippen LogP contribution in [0.4, 0.5) is 0 Å². The van der Waals surface area contributed by atoms with Gasteiger partial charge in [0.2, 0.25) is 5.75 Å². The maximum Gasteiger partial charge on any atom is 0.203 e. The third-order valence-corrected chi connectivity index (χ3v) is 5.73. The molecule has 158 valence electrons. The molecule has 3 aromatic carbocycles. The summed E-state index contributed by atoms with van der Waals surface area (Å²) in [6, 6.07) is 17.1. The monoisotopic (exact) mass is 418 g/mol. The number of hydrogen-bond donors (Lipinski definition) is 0. The second-order valence-electron chi connectivity index (χ2n) is 7.06. The first-order valence-electron chi connectivity index (χ1n) is 9.67. The van der Waals surface area contributed by atoms with E-state index in [1.165, 1.54) is 21.3 Å². The van der Waals surface area contributed by atoms with E-state index in [-0.39, 0.29) is 17.3 Å². The Morgan fingerprint density at radius 3 is 1.68 bits per heavy atom. The molecule has 0 radical (unpaired) electrons. The molecule has 0 unspecified atom stereocenters. The van der Waals surface area contributed by atoms with Crippen molar-refractivity contribution in [1.82, 2.24) is 0 Å². The smallest absolute Gasteiger partial charge is 0.203 e. The first-order valence-corrected chi connectivity index (χ1v) is 9.67. The van der Waals surface area contributed by atoms with Crippen molar-refractivity contribution in [3.63, 3.8) is 0 Å². The van der Waals surface area contributed by atoms with Gasteiger partial charge in [-0.2, -0.15) is 0 Å². The van der Waals surface area contributed by atoms with Crippen molar-refractivity contribution in [1.29, 1.82) is 0 Å². The van der Waals surface area contributed by atoms with Crippen LogP contribution in [-0.4, -0.2) is 40.0 Å². The fourth-order valence-electron chi connectivity index (χ4n) is 4.29. The summed E-state index contributed by atoms with van der Waals surface area (Å²) in [5.74, 6) is 1.00. The Labute approximate surface area is 180 Å². The molecule has 3 aromatic rings. The van der Waals surface area contributed by atoms with E-state index in [0.29, 0.717) is 39.5 Å². The number of carbonyl (C=O) groups excluding carboxylic acids is 2. The lowest BCUT2D eigenvalue weighted by Crippen LogP contribution is -2.40. The van der Waals surface area contributed by atoms with Gasteiger partial charge in [0, 0.05) is 16.7 Å². The van der Waals surface area contributed by atoms with Crippen LogP contribution in [0.25, 0.3) is 0 Å². The predicted molar refractivity (Wildman–Crippen MR) is 115 cm³/mol. The highest BCUT2D eigenvalue weighted by Gasteiger charge is 2.57. The van der Waals surface area contributed by atoms with Gasteiger partial charge in [-0.15, -0.1) is 0 Å². The summed E-state index contributed by atoms with van der Waals surface area (Å²) >= 11 is 0. The predicted octanol–water partition coefficient (Wildman–Crippen LogP) is 4.09. The summed E-state index contributed by atoms with van der Waals surface area (Å²) in [5.41, 5.74) is 0.0373. The van der Waals surface area contributed by atoms with E-state index in [9.17, 15) is 9.59 Å². The first-order chi connectivity index (χ1) is 15.0. The molecule has 0 saturated carbocycles. The standard InChI is InChI=1S/C25H22O6/c1-28-16-11-9-15(10-12-16)25(23(26)17-7-5-6-8-18(17)24(25)27)19-13-14-20(29-2)22(31-4)21(19)30-3/h5-14H,1-4H3. The van der Waals surface area contributed by atoms with Gasteiger partial charge in [-0.1, -0.05) is 36.4 Å². The molecule has 0 aliphatic heterocycles. The number of rotatable bonds is 6. The average molecular weight is 418 g/mol. The molecular weight excluding hydrogens is 396 g/mol. The number of ether oxygens (including phenoxy) is 4. The van der Waals surface area contributed by atoms with Crippen LogP contribution in [0.2, 0.25) is 0 Å². The molecule has 0 bridgehead atoms. The van der Waals surface area contributed by atoms with E-state index in [1.54, 1.807) is 67.8 Å². The van der Waals surface area contributed by atoms with Gasteiger partial charge in [0.15, 0.2) is 28.5 Å².